The lowest BCUT2D eigenvalue weighted by Crippen LogP contribution is -2.29. The van der Waals surface area contributed by atoms with Crippen molar-refractivity contribution in [3.05, 3.63) is 29.8 Å². The Morgan fingerprint density at radius 3 is 2.60 bits per heavy atom. The number of hydrogen-bond donors (Lipinski definition) is 2. The lowest BCUT2D eigenvalue weighted by atomic mass is 10.2. The molecule has 0 atom stereocenters. The van der Waals surface area contributed by atoms with Crippen LogP contribution in [0.15, 0.2) is 24.3 Å². The highest BCUT2D eigenvalue weighted by Crippen LogP contribution is 2.18. The minimum Gasteiger partial charge on any atom is -0.325 e. The van der Waals surface area contributed by atoms with Crippen molar-refractivity contribution in [3.63, 3.8) is 0 Å². The van der Waals surface area contributed by atoms with E-state index in [9.17, 15) is 4.79 Å². The molecule has 0 bridgehead atoms. The molecule has 15 heavy (non-hydrogen) atoms. The predicted octanol–water partition coefficient (Wildman–Crippen LogP) is 1.69. The predicted molar refractivity (Wildman–Crippen MR) is 60.8 cm³/mol. The van der Waals surface area contributed by atoms with Gasteiger partial charge >= 0.3 is 0 Å². The molecular formula is C12H16N2O. The van der Waals surface area contributed by atoms with Gasteiger partial charge in [0.1, 0.15) is 0 Å². The van der Waals surface area contributed by atoms with Crippen LogP contribution in [-0.4, -0.2) is 18.5 Å². The maximum atomic E-state index is 11.5. The molecule has 1 fully saturated rings. The van der Waals surface area contributed by atoms with Crippen LogP contribution >= 0.6 is 0 Å². The summed E-state index contributed by atoms with van der Waals surface area (Å²) in [6.07, 6.45) is 2.41. The fourth-order valence-corrected chi connectivity index (χ4v) is 1.37. The maximum Gasteiger partial charge on any atom is 0.238 e. The second-order valence-corrected chi connectivity index (χ2v) is 4.07. The first-order valence-corrected chi connectivity index (χ1v) is 5.34. The minimum atomic E-state index is 0.0331. The Kier molecular flexibility index (Phi) is 3.02. The van der Waals surface area contributed by atoms with Crippen molar-refractivity contribution < 1.29 is 4.79 Å². The zero-order chi connectivity index (χ0) is 10.7. The molecule has 0 saturated heterocycles. The van der Waals surface area contributed by atoms with E-state index in [1.807, 2.05) is 31.2 Å². The number of hydrogen-bond acceptors (Lipinski definition) is 2. The molecule has 1 aromatic carbocycles. The summed E-state index contributed by atoms with van der Waals surface area (Å²) >= 11 is 0. The minimum absolute atomic E-state index is 0.0331. The van der Waals surface area contributed by atoms with Crippen LogP contribution in [0, 0.1) is 6.92 Å². The molecular weight excluding hydrogens is 188 g/mol. The van der Waals surface area contributed by atoms with E-state index < -0.39 is 0 Å². The number of rotatable bonds is 4. The second kappa shape index (κ2) is 4.45. The van der Waals surface area contributed by atoms with E-state index >= 15 is 0 Å². The molecule has 1 aliphatic carbocycles. The van der Waals surface area contributed by atoms with Crippen LogP contribution in [-0.2, 0) is 4.79 Å². The van der Waals surface area contributed by atoms with E-state index in [0.717, 1.165) is 5.69 Å². The number of carbonyl (C=O) groups excluding carboxylic acids is 1. The fourth-order valence-electron chi connectivity index (χ4n) is 1.37. The van der Waals surface area contributed by atoms with Crippen molar-refractivity contribution in [2.45, 2.75) is 25.8 Å². The van der Waals surface area contributed by atoms with E-state index in [1.54, 1.807) is 0 Å². The van der Waals surface area contributed by atoms with Crippen molar-refractivity contribution in [1.29, 1.82) is 0 Å². The molecule has 0 aromatic heterocycles. The highest BCUT2D eigenvalue weighted by Gasteiger charge is 2.20. The average molecular weight is 204 g/mol. The molecule has 2 N–H and O–H groups in total. The molecule has 0 unspecified atom stereocenters. The summed E-state index contributed by atoms with van der Waals surface area (Å²) in [4.78, 5) is 11.5. The monoisotopic (exact) mass is 204 g/mol. The third-order valence-corrected chi connectivity index (χ3v) is 2.46. The largest absolute Gasteiger partial charge is 0.325 e. The Balaban J connectivity index is 1.79. The Bertz CT molecular complexity index is 341. The lowest BCUT2D eigenvalue weighted by Gasteiger charge is -2.05. The van der Waals surface area contributed by atoms with Crippen molar-refractivity contribution in [2.75, 3.05) is 11.9 Å². The zero-order valence-corrected chi connectivity index (χ0v) is 8.92. The molecule has 1 aliphatic rings. The first-order chi connectivity index (χ1) is 7.24. The summed E-state index contributed by atoms with van der Waals surface area (Å²) in [5.74, 6) is 0.0331. The molecule has 0 radical (unpaired) electrons. The highest BCUT2D eigenvalue weighted by atomic mass is 16.1. The van der Waals surface area contributed by atoms with Crippen molar-refractivity contribution in [1.82, 2.24) is 5.32 Å². The van der Waals surface area contributed by atoms with Gasteiger partial charge in [-0.2, -0.15) is 0 Å². The lowest BCUT2D eigenvalue weighted by molar-refractivity contribution is -0.115. The highest BCUT2D eigenvalue weighted by molar-refractivity contribution is 5.92. The van der Waals surface area contributed by atoms with Crippen molar-refractivity contribution in [2.24, 2.45) is 0 Å². The molecule has 3 nitrogen and oxygen atoms in total. The zero-order valence-electron chi connectivity index (χ0n) is 8.92. The number of carbonyl (C=O) groups is 1. The van der Waals surface area contributed by atoms with Gasteiger partial charge in [0.2, 0.25) is 5.91 Å². The van der Waals surface area contributed by atoms with Gasteiger partial charge in [-0.25, -0.2) is 0 Å². The molecule has 0 spiro atoms. The first kappa shape index (κ1) is 10.2. The van der Waals surface area contributed by atoms with Crippen molar-refractivity contribution in [3.8, 4) is 0 Å². The van der Waals surface area contributed by atoms with Crippen LogP contribution in [0.4, 0.5) is 5.69 Å². The van der Waals surface area contributed by atoms with Gasteiger partial charge in [-0.3, -0.25) is 4.79 Å². The Morgan fingerprint density at radius 2 is 2.00 bits per heavy atom. The van der Waals surface area contributed by atoms with Gasteiger partial charge in [-0.15, -0.1) is 0 Å². The number of amides is 1. The Morgan fingerprint density at radius 1 is 1.33 bits per heavy atom. The Hall–Kier alpha value is -1.35. The number of benzene rings is 1. The fraction of sp³-hybridized carbons (Fsp3) is 0.417. The van der Waals surface area contributed by atoms with Gasteiger partial charge in [-0.05, 0) is 31.9 Å². The molecule has 0 heterocycles. The van der Waals surface area contributed by atoms with E-state index in [4.69, 9.17) is 0 Å². The van der Waals surface area contributed by atoms with Crippen LogP contribution < -0.4 is 10.6 Å². The van der Waals surface area contributed by atoms with Gasteiger partial charge in [0.05, 0.1) is 6.54 Å². The van der Waals surface area contributed by atoms with Gasteiger partial charge in [-0.1, -0.05) is 17.7 Å². The van der Waals surface area contributed by atoms with E-state index in [0.29, 0.717) is 12.6 Å². The average Bonchev–Trinajstić information content (AvgIpc) is 3.02. The maximum absolute atomic E-state index is 11.5. The summed E-state index contributed by atoms with van der Waals surface area (Å²) in [5, 5.41) is 6.03. The first-order valence-electron chi connectivity index (χ1n) is 5.34. The van der Waals surface area contributed by atoms with E-state index in [1.165, 1.54) is 18.4 Å². The normalized spacial score (nSPS) is 15.0. The molecule has 1 amide bonds. The smallest absolute Gasteiger partial charge is 0.238 e. The summed E-state index contributed by atoms with van der Waals surface area (Å²) in [7, 11) is 0. The van der Waals surface area contributed by atoms with Crippen molar-refractivity contribution >= 4 is 11.6 Å². The van der Waals surface area contributed by atoms with E-state index in [-0.39, 0.29) is 5.91 Å². The van der Waals surface area contributed by atoms with Crippen LogP contribution in [0.1, 0.15) is 18.4 Å². The van der Waals surface area contributed by atoms with Crippen LogP contribution in [0.25, 0.3) is 0 Å². The summed E-state index contributed by atoms with van der Waals surface area (Å²) in [6.45, 7) is 2.44. The number of aryl methyl sites for hydroxylation is 1. The van der Waals surface area contributed by atoms with Gasteiger partial charge in [0.25, 0.3) is 0 Å². The quantitative estimate of drug-likeness (QED) is 0.783. The second-order valence-electron chi connectivity index (χ2n) is 4.07. The van der Waals surface area contributed by atoms with Gasteiger partial charge < -0.3 is 10.6 Å². The van der Waals surface area contributed by atoms with Crippen LogP contribution in [0.5, 0.6) is 0 Å². The topological polar surface area (TPSA) is 41.1 Å². The molecule has 1 saturated carbocycles. The third-order valence-electron chi connectivity index (χ3n) is 2.46. The summed E-state index contributed by atoms with van der Waals surface area (Å²) < 4.78 is 0. The molecule has 2 rings (SSSR count). The molecule has 0 aliphatic heterocycles. The van der Waals surface area contributed by atoms with Gasteiger partial charge in [0.15, 0.2) is 0 Å². The molecule has 80 valence electrons. The van der Waals surface area contributed by atoms with Crippen LogP contribution in [0.3, 0.4) is 0 Å². The van der Waals surface area contributed by atoms with Gasteiger partial charge in [0, 0.05) is 11.7 Å². The standard InChI is InChI=1S/C12H16N2O/c1-9-2-4-11(5-3-9)14-12(15)8-13-10-6-7-10/h2-5,10,13H,6-8H2,1H3,(H,14,15). The number of nitrogens with one attached hydrogen (secondary N) is 2. The summed E-state index contributed by atoms with van der Waals surface area (Å²) in [5.41, 5.74) is 2.06. The van der Waals surface area contributed by atoms with E-state index in [2.05, 4.69) is 10.6 Å². The Labute approximate surface area is 89.9 Å². The molecule has 1 aromatic rings. The number of anilines is 1. The summed E-state index contributed by atoms with van der Waals surface area (Å²) in [6, 6.07) is 8.40. The third kappa shape index (κ3) is 3.36. The molecule has 3 heteroatoms. The van der Waals surface area contributed by atoms with Crippen LogP contribution in [0.2, 0.25) is 0 Å². The SMILES string of the molecule is Cc1ccc(NC(=O)CNC2CC2)cc1.